The van der Waals surface area contributed by atoms with E-state index in [9.17, 15) is 4.79 Å². The van der Waals surface area contributed by atoms with Gasteiger partial charge in [0.05, 0.1) is 6.04 Å². The lowest BCUT2D eigenvalue weighted by Crippen LogP contribution is -2.43. The summed E-state index contributed by atoms with van der Waals surface area (Å²) in [4.78, 5) is 20.2. The highest BCUT2D eigenvalue weighted by atomic mass is 16.5. The van der Waals surface area contributed by atoms with Crippen LogP contribution in [0.25, 0.3) is 0 Å². The van der Waals surface area contributed by atoms with Crippen LogP contribution in [0.1, 0.15) is 46.8 Å². The van der Waals surface area contributed by atoms with Crippen LogP contribution in [0.3, 0.4) is 0 Å². The highest BCUT2D eigenvalue weighted by molar-refractivity contribution is 5.97. The maximum Gasteiger partial charge on any atom is 0.167 e. The molecule has 2 atom stereocenters. The van der Waals surface area contributed by atoms with Crippen LogP contribution in [-0.4, -0.2) is 34.9 Å². The maximum absolute atomic E-state index is 13.5. The SMILES string of the molecule is O=C(c1cccnc1)C1CCCN(C(c2ccccc2)c2ccccc2)C(COc2ccccc2)C1. The van der Waals surface area contributed by atoms with Gasteiger partial charge in [-0.2, -0.15) is 0 Å². The minimum absolute atomic E-state index is 0.0595. The van der Waals surface area contributed by atoms with Crippen LogP contribution < -0.4 is 4.74 Å². The van der Waals surface area contributed by atoms with Crippen molar-refractivity contribution >= 4 is 5.78 Å². The third-order valence-corrected chi connectivity index (χ3v) is 7.06. The summed E-state index contributed by atoms with van der Waals surface area (Å²) >= 11 is 0. The molecule has 0 amide bonds. The molecular weight excluding hydrogens is 444 g/mol. The average molecular weight is 477 g/mol. The Kier molecular flexibility index (Phi) is 7.84. The van der Waals surface area contributed by atoms with Crippen molar-refractivity contribution in [3.63, 3.8) is 0 Å². The standard InChI is InChI=1S/C32H32N2O2/c35-32(28-16-10-20-33-23-28)27-17-11-21-34(29(22-27)24-36-30-18-8-3-9-19-30)31(25-12-4-1-5-13-25)26-14-6-2-7-15-26/h1-10,12-16,18-20,23,27,29,31H,11,17,21-22,24H2. The predicted octanol–water partition coefficient (Wildman–Crippen LogP) is 6.60. The van der Waals surface area contributed by atoms with E-state index in [0.29, 0.717) is 12.2 Å². The number of ether oxygens (including phenoxy) is 1. The maximum atomic E-state index is 13.5. The predicted molar refractivity (Wildman–Crippen MR) is 143 cm³/mol. The second-order valence-corrected chi connectivity index (χ2v) is 9.42. The third-order valence-electron chi connectivity index (χ3n) is 7.06. The smallest absolute Gasteiger partial charge is 0.167 e. The zero-order valence-electron chi connectivity index (χ0n) is 20.4. The molecule has 0 bridgehead atoms. The molecule has 1 fully saturated rings. The quantitative estimate of drug-likeness (QED) is 0.269. The summed E-state index contributed by atoms with van der Waals surface area (Å²) in [6.07, 6.45) is 5.97. The number of rotatable bonds is 8. The number of benzene rings is 3. The highest BCUT2D eigenvalue weighted by Gasteiger charge is 2.35. The summed E-state index contributed by atoms with van der Waals surface area (Å²) < 4.78 is 6.32. The minimum atomic E-state index is -0.0595. The first-order valence-corrected chi connectivity index (χ1v) is 12.8. The number of hydrogen-bond donors (Lipinski definition) is 0. The summed E-state index contributed by atoms with van der Waals surface area (Å²) in [5, 5.41) is 0. The van der Waals surface area contributed by atoms with Gasteiger partial charge in [-0.15, -0.1) is 0 Å². The molecule has 1 aromatic heterocycles. The molecule has 3 aromatic carbocycles. The van der Waals surface area contributed by atoms with Gasteiger partial charge in [-0.1, -0.05) is 78.9 Å². The van der Waals surface area contributed by atoms with Gasteiger partial charge in [0, 0.05) is 29.9 Å². The second-order valence-electron chi connectivity index (χ2n) is 9.42. The number of para-hydroxylation sites is 1. The Balaban J connectivity index is 1.48. The lowest BCUT2D eigenvalue weighted by Gasteiger charge is -2.38. The first kappa shape index (κ1) is 24.0. The van der Waals surface area contributed by atoms with Crippen LogP contribution in [-0.2, 0) is 0 Å². The van der Waals surface area contributed by atoms with E-state index in [1.54, 1.807) is 12.4 Å². The molecule has 4 aromatic rings. The van der Waals surface area contributed by atoms with Gasteiger partial charge in [-0.3, -0.25) is 14.7 Å². The molecule has 0 saturated carbocycles. The number of carbonyl (C=O) groups excluding carboxylic acids is 1. The van der Waals surface area contributed by atoms with Crippen molar-refractivity contribution in [1.29, 1.82) is 0 Å². The first-order valence-electron chi connectivity index (χ1n) is 12.8. The lowest BCUT2D eigenvalue weighted by atomic mass is 9.89. The van der Waals surface area contributed by atoms with E-state index in [1.165, 1.54) is 11.1 Å². The fourth-order valence-corrected chi connectivity index (χ4v) is 5.33. The first-order chi connectivity index (χ1) is 17.8. The molecule has 1 aliphatic rings. The molecule has 4 heteroatoms. The topological polar surface area (TPSA) is 42.4 Å². The van der Waals surface area contributed by atoms with Gasteiger partial charge >= 0.3 is 0 Å². The molecule has 182 valence electrons. The molecule has 0 N–H and O–H groups in total. The second kappa shape index (κ2) is 11.8. The Morgan fingerprint density at radius 2 is 1.50 bits per heavy atom. The number of ketones is 1. The molecular formula is C32H32N2O2. The lowest BCUT2D eigenvalue weighted by molar-refractivity contribution is 0.0826. The molecule has 0 aliphatic carbocycles. The Morgan fingerprint density at radius 1 is 0.861 bits per heavy atom. The highest BCUT2D eigenvalue weighted by Crippen LogP contribution is 2.36. The number of Topliss-reactive ketones (excluding diaryl/α,β-unsaturated/α-hetero) is 1. The number of nitrogens with zero attached hydrogens (tertiary/aromatic N) is 2. The number of carbonyl (C=O) groups is 1. The van der Waals surface area contributed by atoms with Gasteiger partial charge in [0.2, 0.25) is 0 Å². The molecule has 2 unspecified atom stereocenters. The molecule has 5 rings (SSSR count). The van der Waals surface area contributed by atoms with Gasteiger partial charge in [0.1, 0.15) is 12.4 Å². The largest absolute Gasteiger partial charge is 0.492 e. The van der Waals surface area contributed by atoms with Crippen LogP contribution in [0.5, 0.6) is 5.75 Å². The van der Waals surface area contributed by atoms with E-state index >= 15 is 0 Å². The normalized spacial score (nSPS) is 18.5. The Hall–Kier alpha value is -3.76. The van der Waals surface area contributed by atoms with Crippen molar-refractivity contribution in [2.24, 2.45) is 5.92 Å². The average Bonchev–Trinajstić information content (AvgIpc) is 3.16. The fraction of sp³-hybridized carbons (Fsp3) is 0.250. The molecule has 0 spiro atoms. The molecule has 2 heterocycles. The van der Waals surface area contributed by atoms with Crippen molar-refractivity contribution in [2.75, 3.05) is 13.2 Å². The Bertz CT molecular complexity index is 1180. The van der Waals surface area contributed by atoms with Gasteiger partial charge in [-0.25, -0.2) is 0 Å². The van der Waals surface area contributed by atoms with E-state index < -0.39 is 0 Å². The zero-order chi connectivity index (χ0) is 24.6. The summed E-state index contributed by atoms with van der Waals surface area (Å²) in [6, 6.07) is 35.2. The van der Waals surface area contributed by atoms with Gasteiger partial charge in [0.15, 0.2) is 5.78 Å². The van der Waals surface area contributed by atoms with Crippen molar-refractivity contribution in [3.8, 4) is 5.75 Å². The van der Waals surface area contributed by atoms with Gasteiger partial charge < -0.3 is 4.74 Å². The van der Waals surface area contributed by atoms with Crippen molar-refractivity contribution in [1.82, 2.24) is 9.88 Å². The van der Waals surface area contributed by atoms with E-state index in [1.807, 2.05) is 42.5 Å². The summed E-state index contributed by atoms with van der Waals surface area (Å²) in [6.45, 7) is 1.42. The number of aromatic nitrogens is 1. The van der Waals surface area contributed by atoms with Gasteiger partial charge in [0.25, 0.3) is 0 Å². The summed E-state index contributed by atoms with van der Waals surface area (Å²) in [7, 11) is 0. The minimum Gasteiger partial charge on any atom is -0.492 e. The fourth-order valence-electron chi connectivity index (χ4n) is 5.33. The molecule has 1 saturated heterocycles. The van der Waals surface area contributed by atoms with Crippen molar-refractivity contribution in [3.05, 3.63) is 132 Å². The number of pyridine rings is 1. The van der Waals surface area contributed by atoms with Crippen molar-refractivity contribution in [2.45, 2.75) is 31.3 Å². The van der Waals surface area contributed by atoms with E-state index in [2.05, 4.69) is 70.5 Å². The van der Waals surface area contributed by atoms with Crippen LogP contribution in [0.4, 0.5) is 0 Å². The Morgan fingerprint density at radius 3 is 2.11 bits per heavy atom. The van der Waals surface area contributed by atoms with Crippen LogP contribution >= 0.6 is 0 Å². The van der Waals surface area contributed by atoms with E-state index in [0.717, 1.165) is 31.6 Å². The van der Waals surface area contributed by atoms with Crippen LogP contribution in [0.15, 0.2) is 116 Å². The van der Waals surface area contributed by atoms with Crippen LogP contribution in [0, 0.1) is 5.92 Å². The van der Waals surface area contributed by atoms with Crippen LogP contribution in [0.2, 0.25) is 0 Å². The monoisotopic (exact) mass is 476 g/mol. The molecule has 36 heavy (non-hydrogen) atoms. The van der Waals surface area contributed by atoms with E-state index in [4.69, 9.17) is 4.74 Å². The summed E-state index contributed by atoms with van der Waals surface area (Å²) in [5.41, 5.74) is 3.21. The van der Waals surface area contributed by atoms with Gasteiger partial charge in [-0.05, 0) is 61.2 Å². The molecule has 4 nitrogen and oxygen atoms in total. The third kappa shape index (κ3) is 5.72. The number of likely N-dealkylation sites (tertiary alicyclic amines) is 1. The molecule has 0 radical (unpaired) electrons. The molecule has 1 aliphatic heterocycles. The van der Waals surface area contributed by atoms with Crippen molar-refractivity contribution < 1.29 is 9.53 Å². The zero-order valence-corrected chi connectivity index (χ0v) is 20.4. The summed E-state index contributed by atoms with van der Waals surface area (Å²) in [5.74, 6) is 0.981. The Labute approximate surface area is 213 Å². The van der Waals surface area contributed by atoms with E-state index in [-0.39, 0.29) is 23.8 Å². The number of hydrogen-bond acceptors (Lipinski definition) is 4.